The molecule has 0 spiro atoms. The molecule has 2 rings (SSSR count). The molecule has 2 heteroatoms. The van der Waals surface area contributed by atoms with E-state index in [1.165, 1.54) is 64.8 Å². The summed E-state index contributed by atoms with van der Waals surface area (Å²) in [5.41, 5.74) is 0.587. The van der Waals surface area contributed by atoms with Crippen LogP contribution >= 0.6 is 0 Å². The highest BCUT2D eigenvalue weighted by Crippen LogP contribution is 2.34. The van der Waals surface area contributed by atoms with Crippen LogP contribution in [0.5, 0.6) is 0 Å². The summed E-state index contributed by atoms with van der Waals surface area (Å²) in [5, 5.41) is 3.55. The van der Waals surface area contributed by atoms with Gasteiger partial charge in [0, 0.05) is 19.6 Å². The standard InChI is InChI=1S/C14H28N2/c1-3-9-16(10-13-5-6-13)12-14(4-2)7-8-15-11-14/h13,15H,3-12H2,1-2H3. The topological polar surface area (TPSA) is 15.3 Å². The number of nitrogens with one attached hydrogen (secondary N) is 1. The molecule has 2 aliphatic rings. The molecule has 1 atom stereocenters. The maximum atomic E-state index is 3.55. The minimum atomic E-state index is 0.587. The Bertz CT molecular complexity index is 205. The fraction of sp³-hybridized carbons (Fsp3) is 1.00. The van der Waals surface area contributed by atoms with Gasteiger partial charge in [0.25, 0.3) is 0 Å². The Hall–Kier alpha value is -0.0800. The number of nitrogens with zero attached hydrogens (tertiary/aromatic N) is 1. The Morgan fingerprint density at radius 2 is 2.12 bits per heavy atom. The van der Waals surface area contributed by atoms with Crippen LogP contribution in [0.25, 0.3) is 0 Å². The molecule has 0 aromatic carbocycles. The average Bonchev–Trinajstić information content (AvgIpc) is 2.96. The Kier molecular flexibility index (Phi) is 4.26. The first-order valence-electron chi connectivity index (χ1n) is 7.21. The Balaban J connectivity index is 1.86. The van der Waals surface area contributed by atoms with E-state index in [4.69, 9.17) is 0 Å². The lowest BCUT2D eigenvalue weighted by Crippen LogP contribution is -2.40. The quantitative estimate of drug-likeness (QED) is 0.715. The summed E-state index contributed by atoms with van der Waals surface area (Å²) in [7, 11) is 0. The van der Waals surface area contributed by atoms with Crippen molar-refractivity contribution < 1.29 is 0 Å². The van der Waals surface area contributed by atoms with E-state index in [9.17, 15) is 0 Å². The fourth-order valence-electron chi connectivity index (χ4n) is 3.04. The third kappa shape index (κ3) is 3.21. The molecular weight excluding hydrogens is 196 g/mol. The van der Waals surface area contributed by atoms with Crippen LogP contribution in [0.2, 0.25) is 0 Å². The van der Waals surface area contributed by atoms with Gasteiger partial charge in [-0.15, -0.1) is 0 Å². The highest BCUT2D eigenvalue weighted by Gasteiger charge is 2.35. The highest BCUT2D eigenvalue weighted by molar-refractivity contribution is 4.90. The van der Waals surface area contributed by atoms with Crippen molar-refractivity contribution in [3.8, 4) is 0 Å². The predicted octanol–water partition coefficient (Wildman–Crippen LogP) is 2.50. The normalized spacial score (nSPS) is 30.2. The summed E-state index contributed by atoms with van der Waals surface area (Å²) >= 11 is 0. The van der Waals surface area contributed by atoms with Crippen LogP contribution in [0.3, 0.4) is 0 Å². The van der Waals surface area contributed by atoms with Crippen LogP contribution in [0.1, 0.15) is 46.0 Å². The first kappa shape index (κ1) is 12.4. The predicted molar refractivity (Wildman–Crippen MR) is 69.7 cm³/mol. The number of hydrogen-bond donors (Lipinski definition) is 1. The molecule has 0 aromatic heterocycles. The Morgan fingerprint density at radius 3 is 2.62 bits per heavy atom. The first-order valence-corrected chi connectivity index (χ1v) is 7.21. The smallest absolute Gasteiger partial charge is 0.00506 e. The molecule has 2 nitrogen and oxygen atoms in total. The molecule has 1 aliphatic heterocycles. The van der Waals surface area contributed by atoms with Gasteiger partial charge in [-0.3, -0.25) is 0 Å². The summed E-state index contributed by atoms with van der Waals surface area (Å²) in [6.45, 7) is 11.2. The van der Waals surface area contributed by atoms with Gasteiger partial charge >= 0.3 is 0 Å². The van der Waals surface area contributed by atoms with Crippen LogP contribution in [0.15, 0.2) is 0 Å². The molecule has 94 valence electrons. The summed E-state index contributed by atoms with van der Waals surface area (Å²) in [5.74, 6) is 1.04. The van der Waals surface area contributed by atoms with E-state index in [2.05, 4.69) is 24.1 Å². The van der Waals surface area contributed by atoms with Crippen molar-refractivity contribution in [2.45, 2.75) is 46.0 Å². The van der Waals surface area contributed by atoms with E-state index in [0.717, 1.165) is 5.92 Å². The molecule has 0 bridgehead atoms. The Morgan fingerprint density at radius 1 is 1.31 bits per heavy atom. The van der Waals surface area contributed by atoms with Crippen molar-refractivity contribution in [3.05, 3.63) is 0 Å². The summed E-state index contributed by atoms with van der Waals surface area (Å²) < 4.78 is 0. The lowest BCUT2D eigenvalue weighted by Gasteiger charge is -2.34. The van der Waals surface area contributed by atoms with Gasteiger partial charge in [-0.25, -0.2) is 0 Å². The van der Waals surface area contributed by atoms with E-state index in [-0.39, 0.29) is 0 Å². The third-order valence-corrected chi connectivity index (χ3v) is 4.39. The van der Waals surface area contributed by atoms with Gasteiger partial charge in [0.15, 0.2) is 0 Å². The maximum absolute atomic E-state index is 3.55. The number of hydrogen-bond acceptors (Lipinski definition) is 2. The van der Waals surface area contributed by atoms with Crippen molar-refractivity contribution in [2.24, 2.45) is 11.3 Å². The maximum Gasteiger partial charge on any atom is 0.00506 e. The van der Waals surface area contributed by atoms with E-state index < -0.39 is 0 Å². The molecule has 1 saturated carbocycles. The molecule has 0 radical (unpaired) electrons. The van der Waals surface area contributed by atoms with Crippen molar-refractivity contribution in [1.29, 1.82) is 0 Å². The van der Waals surface area contributed by atoms with Crippen molar-refractivity contribution in [2.75, 3.05) is 32.7 Å². The van der Waals surface area contributed by atoms with Gasteiger partial charge in [0.1, 0.15) is 0 Å². The second-order valence-corrected chi connectivity index (χ2v) is 5.96. The van der Waals surface area contributed by atoms with Crippen LogP contribution in [0.4, 0.5) is 0 Å². The van der Waals surface area contributed by atoms with Gasteiger partial charge in [-0.05, 0) is 56.5 Å². The van der Waals surface area contributed by atoms with Crippen molar-refractivity contribution in [1.82, 2.24) is 10.2 Å². The van der Waals surface area contributed by atoms with E-state index in [1.807, 2.05) is 0 Å². The lowest BCUT2D eigenvalue weighted by atomic mass is 9.83. The van der Waals surface area contributed by atoms with E-state index in [0.29, 0.717) is 5.41 Å². The summed E-state index contributed by atoms with van der Waals surface area (Å²) in [6.07, 6.45) is 6.99. The average molecular weight is 224 g/mol. The second kappa shape index (κ2) is 5.50. The molecule has 0 amide bonds. The molecule has 1 aliphatic carbocycles. The Labute approximate surface area is 101 Å². The van der Waals surface area contributed by atoms with Gasteiger partial charge in [-0.2, -0.15) is 0 Å². The highest BCUT2D eigenvalue weighted by atomic mass is 15.1. The zero-order valence-corrected chi connectivity index (χ0v) is 11.1. The monoisotopic (exact) mass is 224 g/mol. The van der Waals surface area contributed by atoms with Crippen LogP contribution in [-0.2, 0) is 0 Å². The number of rotatable bonds is 7. The zero-order chi connectivity index (χ0) is 11.4. The molecule has 0 aromatic rings. The molecule has 16 heavy (non-hydrogen) atoms. The van der Waals surface area contributed by atoms with Gasteiger partial charge < -0.3 is 10.2 Å². The van der Waals surface area contributed by atoms with E-state index in [1.54, 1.807) is 0 Å². The van der Waals surface area contributed by atoms with Crippen molar-refractivity contribution >= 4 is 0 Å². The molecule has 1 unspecified atom stereocenters. The van der Waals surface area contributed by atoms with Crippen molar-refractivity contribution in [3.63, 3.8) is 0 Å². The van der Waals surface area contributed by atoms with Crippen LogP contribution in [0, 0.1) is 11.3 Å². The molecular formula is C14H28N2. The SMILES string of the molecule is CCCN(CC1CC1)CC1(CC)CCNC1. The fourth-order valence-corrected chi connectivity index (χ4v) is 3.04. The summed E-state index contributed by atoms with van der Waals surface area (Å²) in [4.78, 5) is 2.74. The zero-order valence-electron chi connectivity index (χ0n) is 11.1. The first-order chi connectivity index (χ1) is 7.78. The molecule has 1 saturated heterocycles. The van der Waals surface area contributed by atoms with Crippen LogP contribution in [-0.4, -0.2) is 37.6 Å². The molecule has 1 N–H and O–H groups in total. The van der Waals surface area contributed by atoms with Gasteiger partial charge in [0.05, 0.1) is 0 Å². The molecule has 2 fully saturated rings. The van der Waals surface area contributed by atoms with Gasteiger partial charge in [-0.1, -0.05) is 13.8 Å². The lowest BCUT2D eigenvalue weighted by molar-refractivity contribution is 0.153. The second-order valence-electron chi connectivity index (χ2n) is 5.96. The van der Waals surface area contributed by atoms with Crippen LogP contribution < -0.4 is 5.32 Å². The minimum Gasteiger partial charge on any atom is -0.316 e. The minimum absolute atomic E-state index is 0.587. The largest absolute Gasteiger partial charge is 0.316 e. The summed E-state index contributed by atoms with van der Waals surface area (Å²) in [6, 6.07) is 0. The molecule has 1 heterocycles. The van der Waals surface area contributed by atoms with Gasteiger partial charge in [0.2, 0.25) is 0 Å². The third-order valence-electron chi connectivity index (χ3n) is 4.39. The van der Waals surface area contributed by atoms with E-state index >= 15 is 0 Å².